The molecular weight excluding hydrogens is 364 g/mol. The molecule has 2 aromatic rings. The molecule has 2 fully saturated rings. The monoisotopic (exact) mass is 388 g/mol. The number of likely N-dealkylation sites (tertiary alicyclic amines) is 1. The molecule has 0 radical (unpaired) electrons. The van der Waals surface area contributed by atoms with Crippen molar-refractivity contribution in [3.8, 4) is 0 Å². The van der Waals surface area contributed by atoms with Gasteiger partial charge in [-0.15, -0.1) is 0 Å². The molecule has 8 heteroatoms. The topological polar surface area (TPSA) is 84.3 Å². The average molecular weight is 388 g/mol. The molecule has 1 saturated carbocycles. The normalized spacial score (nSPS) is 18.6. The SMILES string of the molecule is Cn1ccnc1C(NS(=O)(=O)c1cccc(C(=O)N2CCCC2)c1)C1CC1. The zero-order chi connectivity index (χ0) is 19.0. The second-order valence-electron chi connectivity index (χ2n) is 7.36. The number of sulfonamides is 1. The van der Waals surface area contributed by atoms with Gasteiger partial charge < -0.3 is 9.47 Å². The van der Waals surface area contributed by atoms with Gasteiger partial charge >= 0.3 is 0 Å². The van der Waals surface area contributed by atoms with Gasteiger partial charge in [0.15, 0.2) is 0 Å². The highest BCUT2D eigenvalue weighted by atomic mass is 32.2. The summed E-state index contributed by atoms with van der Waals surface area (Å²) in [4.78, 5) is 18.8. The molecule has 0 spiro atoms. The quantitative estimate of drug-likeness (QED) is 0.821. The van der Waals surface area contributed by atoms with Crippen LogP contribution >= 0.6 is 0 Å². The van der Waals surface area contributed by atoms with Crippen LogP contribution in [-0.4, -0.2) is 41.9 Å². The number of amides is 1. The molecule has 1 aliphatic carbocycles. The predicted octanol–water partition coefficient (Wildman–Crippen LogP) is 2.09. The number of nitrogens with one attached hydrogen (secondary N) is 1. The van der Waals surface area contributed by atoms with Gasteiger partial charge in [0.25, 0.3) is 5.91 Å². The second-order valence-corrected chi connectivity index (χ2v) is 9.07. The first kappa shape index (κ1) is 18.2. The minimum absolute atomic E-state index is 0.104. The van der Waals surface area contributed by atoms with Crippen LogP contribution in [0.25, 0.3) is 0 Å². The summed E-state index contributed by atoms with van der Waals surface area (Å²) in [7, 11) is -1.90. The van der Waals surface area contributed by atoms with E-state index < -0.39 is 10.0 Å². The maximum atomic E-state index is 13.0. The van der Waals surface area contributed by atoms with Crippen molar-refractivity contribution in [2.45, 2.75) is 36.6 Å². The van der Waals surface area contributed by atoms with Crippen LogP contribution in [0, 0.1) is 5.92 Å². The smallest absolute Gasteiger partial charge is 0.253 e. The summed E-state index contributed by atoms with van der Waals surface area (Å²) in [5.74, 6) is 0.869. The molecule has 4 rings (SSSR count). The fourth-order valence-electron chi connectivity index (χ4n) is 3.60. The molecule has 27 heavy (non-hydrogen) atoms. The molecule has 1 saturated heterocycles. The Balaban J connectivity index is 1.59. The van der Waals surface area contributed by atoms with E-state index >= 15 is 0 Å². The Hall–Kier alpha value is -2.19. The fraction of sp³-hybridized carbons (Fsp3) is 0.474. The molecule has 7 nitrogen and oxygen atoms in total. The minimum atomic E-state index is -3.76. The van der Waals surface area contributed by atoms with Gasteiger partial charge in [-0.05, 0) is 49.8 Å². The standard InChI is InChI=1S/C19H24N4O3S/c1-22-12-9-20-18(22)17(14-7-8-14)21-27(25,26)16-6-4-5-15(13-16)19(24)23-10-2-3-11-23/h4-6,9,12-14,17,21H,2-3,7-8,10-11H2,1H3. The van der Waals surface area contributed by atoms with Crippen molar-refractivity contribution in [2.24, 2.45) is 13.0 Å². The number of nitrogens with zero attached hydrogens (tertiary/aromatic N) is 3. The van der Waals surface area contributed by atoms with Crippen molar-refractivity contribution in [2.75, 3.05) is 13.1 Å². The molecule has 1 unspecified atom stereocenters. The first-order valence-corrected chi connectivity index (χ1v) is 10.8. The van der Waals surface area contributed by atoms with E-state index in [1.165, 1.54) is 12.1 Å². The van der Waals surface area contributed by atoms with Crippen LogP contribution in [0.2, 0.25) is 0 Å². The third-order valence-corrected chi connectivity index (χ3v) is 6.74. The Morgan fingerprint density at radius 1 is 1.26 bits per heavy atom. The van der Waals surface area contributed by atoms with E-state index in [0.29, 0.717) is 11.4 Å². The number of benzene rings is 1. The number of hydrogen-bond donors (Lipinski definition) is 1. The largest absolute Gasteiger partial charge is 0.339 e. The second kappa shape index (κ2) is 7.09. The third kappa shape index (κ3) is 3.77. The van der Waals surface area contributed by atoms with E-state index in [2.05, 4.69) is 9.71 Å². The lowest BCUT2D eigenvalue weighted by molar-refractivity contribution is 0.0792. The van der Waals surface area contributed by atoms with Crippen molar-refractivity contribution >= 4 is 15.9 Å². The van der Waals surface area contributed by atoms with Gasteiger partial charge in [0.2, 0.25) is 10.0 Å². The highest BCUT2D eigenvalue weighted by Crippen LogP contribution is 2.41. The van der Waals surface area contributed by atoms with Gasteiger partial charge in [0.05, 0.1) is 10.9 Å². The molecule has 1 aliphatic heterocycles. The minimum Gasteiger partial charge on any atom is -0.339 e. The van der Waals surface area contributed by atoms with E-state index in [9.17, 15) is 13.2 Å². The third-order valence-electron chi connectivity index (χ3n) is 5.30. The summed E-state index contributed by atoms with van der Waals surface area (Å²) in [6.45, 7) is 1.47. The molecule has 0 bridgehead atoms. The van der Waals surface area contributed by atoms with Crippen molar-refractivity contribution in [1.82, 2.24) is 19.2 Å². The van der Waals surface area contributed by atoms with Crippen molar-refractivity contribution in [1.29, 1.82) is 0 Å². The van der Waals surface area contributed by atoms with Gasteiger partial charge in [-0.3, -0.25) is 4.79 Å². The van der Waals surface area contributed by atoms with Crippen LogP contribution < -0.4 is 4.72 Å². The van der Waals surface area contributed by atoms with E-state index in [1.54, 1.807) is 23.2 Å². The summed E-state index contributed by atoms with van der Waals surface area (Å²) in [6.07, 6.45) is 7.44. The Morgan fingerprint density at radius 3 is 2.63 bits per heavy atom. The Labute approximate surface area is 159 Å². The maximum absolute atomic E-state index is 13.0. The number of hydrogen-bond acceptors (Lipinski definition) is 4. The predicted molar refractivity (Wildman–Crippen MR) is 101 cm³/mol. The first-order chi connectivity index (χ1) is 13.0. The summed E-state index contributed by atoms with van der Waals surface area (Å²) in [6, 6.07) is 5.96. The van der Waals surface area contributed by atoms with E-state index in [1.807, 2.05) is 17.8 Å². The highest BCUT2D eigenvalue weighted by Gasteiger charge is 2.37. The average Bonchev–Trinajstić information content (AvgIpc) is 3.18. The molecular formula is C19H24N4O3S. The van der Waals surface area contributed by atoms with Crippen LogP contribution in [0.4, 0.5) is 0 Å². The van der Waals surface area contributed by atoms with E-state index in [4.69, 9.17) is 0 Å². The van der Waals surface area contributed by atoms with E-state index in [-0.39, 0.29) is 22.8 Å². The van der Waals surface area contributed by atoms with Crippen LogP contribution in [0.1, 0.15) is 47.9 Å². The van der Waals surface area contributed by atoms with Crippen molar-refractivity contribution < 1.29 is 13.2 Å². The van der Waals surface area contributed by atoms with Crippen LogP contribution in [0.15, 0.2) is 41.6 Å². The van der Waals surface area contributed by atoms with Crippen molar-refractivity contribution in [3.63, 3.8) is 0 Å². The zero-order valence-electron chi connectivity index (χ0n) is 15.3. The number of rotatable bonds is 6. The van der Waals surface area contributed by atoms with Crippen LogP contribution in [0.5, 0.6) is 0 Å². The number of carbonyl (C=O) groups excluding carboxylic acids is 1. The number of aryl methyl sites for hydroxylation is 1. The summed E-state index contributed by atoms with van der Waals surface area (Å²) < 4.78 is 30.7. The first-order valence-electron chi connectivity index (χ1n) is 9.34. The van der Waals surface area contributed by atoms with E-state index in [0.717, 1.165) is 38.8 Å². The summed E-state index contributed by atoms with van der Waals surface area (Å²) in [5, 5.41) is 0. The molecule has 1 aromatic heterocycles. The Kier molecular flexibility index (Phi) is 4.77. The lowest BCUT2D eigenvalue weighted by Crippen LogP contribution is -2.32. The Bertz CT molecular complexity index is 943. The zero-order valence-corrected chi connectivity index (χ0v) is 16.2. The van der Waals surface area contributed by atoms with Gasteiger partial charge in [0.1, 0.15) is 5.82 Å². The molecule has 2 heterocycles. The number of imidazole rings is 1. The number of carbonyl (C=O) groups is 1. The summed E-state index contributed by atoms with van der Waals surface area (Å²) in [5.41, 5.74) is 0.416. The molecule has 1 aromatic carbocycles. The lowest BCUT2D eigenvalue weighted by atomic mass is 10.2. The van der Waals surface area contributed by atoms with Gasteiger partial charge in [-0.1, -0.05) is 6.07 Å². The molecule has 1 atom stereocenters. The Morgan fingerprint density at radius 2 is 2.00 bits per heavy atom. The van der Waals surface area contributed by atoms with Crippen LogP contribution in [-0.2, 0) is 17.1 Å². The maximum Gasteiger partial charge on any atom is 0.253 e. The van der Waals surface area contributed by atoms with Crippen molar-refractivity contribution in [3.05, 3.63) is 48.0 Å². The molecule has 2 aliphatic rings. The van der Waals surface area contributed by atoms with Gasteiger partial charge in [-0.2, -0.15) is 0 Å². The highest BCUT2D eigenvalue weighted by molar-refractivity contribution is 7.89. The molecule has 1 amide bonds. The summed E-state index contributed by atoms with van der Waals surface area (Å²) >= 11 is 0. The van der Waals surface area contributed by atoms with Gasteiger partial charge in [0, 0.05) is 38.1 Å². The lowest BCUT2D eigenvalue weighted by Gasteiger charge is -2.19. The number of aromatic nitrogens is 2. The molecule has 1 N–H and O–H groups in total. The molecule has 144 valence electrons. The van der Waals surface area contributed by atoms with Gasteiger partial charge in [-0.25, -0.2) is 18.1 Å². The van der Waals surface area contributed by atoms with Crippen LogP contribution in [0.3, 0.4) is 0 Å². The fourth-order valence-corrected chi connectivity index (χ4v) is 4.91.